The van der Waals surface area contributed by atoms with E-state index < -0.39 is 23.7 Å². The average Bonchev–Trinajstić information content (AvgIpc) is 2.66. The Labute approximate surface area is 117 Å². The Hall–Kier alpha value is -1.40. The summed E-state index contributed by atoms with van der Waals surface area (Å²) in [5.74, 6) is -1.42. The van der Waals surface area contributed by atoms with Crippen LogP contribution in [0, 0.1) is 19.7 Å². The van der Waals surface area contributed by atoms with Crippen LogP contribution in [-0.2, 0) is 6.18 Å². The number of hydrogen-bond donors (Lipinski definition) is 1. The zero-order chi connectivity index (χ0) is 15.1. The molecule has 1 unspecified atom stereocenters. The number of benzene rings is 1. The normalized spacial score (nSPS) is 13.6. The lowest BCUT2D eigenvalue weighted by Gasteiger charge is -2.15. The van der Waals surface area contributed by atoms with Crippen LogP contribution in [0.5, 0.6) is 0 Å². The van der Waals surface area contributed by atoms with E-state index >= 15 is 0 Å². The van der Waals surface area contributed by atoms with Crippen LogP contribution in [0.25, 0.3) is 0 Å². The van der Waals surface area contributed by atoms with Gasteiger partial charge in [0.1, 0.15) is 11.9 Å². The molecule has 1 nitrogen and oxygen atoms in total. The van der Waals surface area contributed by atoms with Gasteiger partial charge in [-0.1, -0.05) is 12.1 Å². The lowest BCUT2D eigenvalue weighted by Crippen LogP contribution is -2.12. The third-order valence-corrected chi connectivity index (χ3v) is 4.16. The van der Waals surface area contributed by atoms with Gasteiger partial charge in [-0.05, 0) is 31.5 Å². The van der Waals surface area contributed by atoms with Crippen molar-refractivity contribution in [2.24, 2.45) is 0 Å². The molecule has 0 aliphatic heterocycles. The summed E-state index contributed by atoms with van der Waals surface area (Å²) in [6, 6.07) is 4.73. The van der Waals surface area contributed by atoms with E-state index in [2.05, 4.69) is 0 Å². The maximum absolute atomic E-state index is 14.0. The third kappa shape index (κ3) is 2.71. The molecule has 1 aromatic carbocycles. The minimum Gasteiger partial charge on any atom is -0.383 e. The van der Waals surface area contributed by atoms with Gasteiger partial charge in [0.2, 0.25) is 0 Å². The molecule has 0 aliphatic carbocycles. The van der Waals surface area contributed by atoms with Crippen LogP contribution in [0.4, 0.5) is 17.6 Å². The van der Waals surface area contributed by atoms with Gasteiger partial charge in [0.05, 0.1) is 5.56 Å². The summed E-state index contributed by atoms with van der Waals surface area (Å²) < 4.78 is 51.9. The smallest absolute Gasteiger partial charge is 0.383 e. The summed E-state index contributed by atoms with van der Waals surface area (Å²) >= 11 is 1.24. The Balaban J connectivity index is 2.51. The van der Waals surface area contributed by atoms with Gasteiger partial charge in [-0.2, -0.15) is 13.2 Å². The Morgan fingerprint density at radius 1 is 1.20 bits per heavy atom. The highest BCUT2D eigenvalue weighted by atomic mass is 32.1. The number of aryl methyl sites for hydroxylation is 2. The van der Waals surface area contributed by atoms with Crippen molar-refractivity contribution in [2.45, 2.75) is 26.1 Å². The average molecular weight is 304 g/mol. The van der Waals surface area contributed by atoms with Gasteiger partial charge < -0.3 is 5.11 Å². The van der Waals surface area contributed by atoms with Crippen molar-refractivity contribution in [3.63, 3.8) is 0 Å². The van der Waals surface area contributed by atoms with Crippen molar-refractivity contribution in [1.29, 1.82) is 0 Å². The molecular weight excluding hydrogens is 292 g/mol. The quantitative estimate of drug-likeness (QED) is 0.804. The molecule has 0 bridgehead atoms. The van der Waals surface area contributed by atoms with Gasteiger partial charge in [0.25, 0.3) is 0 Å². The maximum Gasteiger partial charge on any atom is 0.419 e. The van der Waals surface area contributed by atoms with Crippen LogP contribution < -0.4 is 0 Å². The molecule has 20 heavy (non-hydrogen) atoms. The summed E-state index contributed by atoms with van der Waals surface area (Å²) in [6.07, 6.45) is -6.17. The SMILES string of the molecule is Cc1cc(C)c(C(O)c2cccc(C(F)(F)F)c2F)s1. The second kappa shape index (κ2) is 5.18. The lowest BCUT2D eigenvalue weighted by molar-refractivity contribution is -0.140. The monoisotopic (exact) mass is 304 g/mol. The summed E-state index contributed by atoms with van der Waals surface area (Å²) in [6.45, 7) is 3.55. The number of thiophene rings is 1. The summed E-state index contributed by atoms with van der Waals surface area (Å²) in [7, 11) is 0. The molecule has 2 aromatic rings. The molecular formula is C14H12F4OS. The molecule has 0 spiro atoms. The molecule has 0 aliphatic rings. The highest BCUT2D eigenvalue weighted by molar-refractivity contribution is 7.12. The van der Waals surface area contributed by atoms with Crippen molar-refractivity contribution < 1.29 is 22.7 Å². The predicted molar refractivity (Wildman–Crippen MR) is 69.3 cm³/mol. The molecule has 6 heteroatoms. The molecule has 1 aromatic heterocycles. The highest BCUT2D eigenvalue weighted by Gasteiger charge is 2.36. The van der Waals surface area contributed by atoms with Crippen molar-refractivity contribution in [3.05, 3.63) is 56.5 Å². The first-order chi connectivity index (χ1) is 9.21. The Kier molecular flexibility index (Phi) is 3.88. The summed E-state index contributed by atoms with van der Waals surface area (Å²) in [4.78, 5) is 1.37. The third-order valence-electron chi connectivity index (χ3n) is 2.96. The van der Waals surface area contributed by atoms with Gasteiger partial charge in [0.15, 0.2) is 0 Å². The van der Waals surface area contributed by atoms with E-state index in [-0.39, 0.29) is 5.56 Å². The number of rotatable bonds is 2. The van der Waals surface area contributed by atoms with Gasteiger partial charge in [0, 0.05) is 15.3 Å². The van der Waals surface area contributed by atoms with Crippen LogP contribution in [0.2, 0.25) is 0 Å². The molecule has 1 heterocycles. The largest absolute Gasteiger partial charge is 0.419 e. The molecule has 108 valence electrons. The zero-order valence-corrected chi connectivity index (χ0v) is 11.6. The topological polar surface area (TPSA) is 20.2 Å². The van der Waals surface area contributed by atoms with Crippen molar-refractivity contribution in [3.8, 4) is 0 Å². The number of alkyl halides is 3. The number of halogens is 4. The number of aliphatic hydroxyl groups is 1. The first-order valence-electron chi connectivity index (χ1n) is 5.82. The first kappa shape index (κ1) is 15.0. The van der Waals surface area contributed by atoms with E-state index in [1.807, 2.05) is 6.92 Å². The highest BCUT2D eigenvalue weighted by Crippen LogP contribution is 2.37. The number of hydrogen-bond acceptors (Lipinski definition) is 2. The van der Waals surface area contributed by atoms with E-state index in [1.54, 1.807) is 13.0 Å². The summed E-state index contributed by atoms with van der Waals surface area (Å²) in [5, 5.41) is 10.2. The van der Waals surface area contributed by atoms with Crippen LogP contribution in [0.1, 0.15) is 32.5 Å². The van der Waals surface area contributed by atoms with E-state index in [1.165, 1.54) is 17.4 Å². The van der Waals surface area contributed by atoms with E-state index in [9.17, 15) is 22.7 Å². The van der Waals surface area contributed by atoms with Crippen molar-refractivity contribution in [2.75, 3.05) is 0 Å². The fraction of sp³-hybridized carbons (Fsp3) is 0.286. The minimum absolute atomic E-state index is 0.357. The van der Waals surface area contributed by atoms with Crippen LogP contribution >= 0.6 is 11.3 Å². The lowest BCUT2D eigenvalue weighted by atomic mass is 10.0. The Bertz CT molecular complexity index is 631. The van der Waals surface area contributed by atoms with Gasteiger partial charge >= 0.3 is 6.18 Å². The molecule has 0 saturated heterocycles. The maximum atomic E-state index is 14.0. The van der Waals surface area contributed by atoms with Gasteiger partial charge in [-0.15, -0.1) is 11.3 Å². The summed E-state index contributed by atoms with van der Waals surface area (Å²) in [5.41, 5.74) is -0.985. The van der Waals surface area contributed by atoms with E-state index in [0.717, 1.165) is 16.5 Å². The second-order valence-corrected chi connectivity index (χ2v) is 5.80. The second-order valence-electron chi connectivity index (χ2n) is 4.51. The fourth-order valence-electron chi connectivity index (χ4n) is 2.05. The minimum atomic E-state index is -4.78. The van der Waals surface area contributed by atoms with E-state index in [0.29, 0.717) is 10.9 Å². The molecule has 0 saturated carbocycles. The van der Waals surface area contributed by atoms with E-state index in [4.69, 9.17) is 0 Å². The molecule has 0 amide bonds. The Morgan fingerprint density at radius 2 is 1.85 bits per heavy atom. The molecule has 2 rings (SSSR count). The fourth-order valence-corrected chi connectivity index (χ4v) is 3.09. The molecule has 1 N–H and O–H groups in total. The molecule has 1 atom stereocenters. The zero-order valence-electron chi connectivity index (χ0n) is 10.8. The van der Waals surface area contributed by atoms with Gasteiger partial charge in [-0.3, -0.25) is 0 Å². The van der Waals surface area contributed by atoms with Gasteiger partial charge in [-0.25, -0.2) is 4.39 Å². The Morgan fingerprint density at radius 3 is 2.35 bits per heavy atom. The van der Waals surface area contributed by atoms with Crippen LogP contribution in [0.15, 0.2) is 24.3 Å². The standard InChI is InChI=1S/C14H12F4OS/c1-7-6-8(2)20-13(7)12(19)9-4-3-5-10(11(9)15)14(16,17)18/h3-6,12,19H,1-2H3. The first-order valence-corrected chi connectivity index (χ1v) is 6.64. The van der Waals surface area contributed by atoms with Crippen LogP contribution in [0.3, 0.4) is 0 Å². The van der Waals surface area contributed by atoms with Crippen LogP contribution in [-0.4, -0.2) is 5.11 Å². The van der Waals surface area contributed by atoms with Crippen molar-refractivity contribution >= 4 is 11.3 Å². The number of aliphatic hydroxyl groups excluding tert-OH is 1. The van der Waals surface area contributed by atoms with Crippen molar-refractivity contribution in [1.82, 2.24) is 0 Å². The molecule has 0 radical (unpaired) electrons. The predicted octanol–water partition coefficient (Wildman–Crippen LogP) is 4.60. The molecule has 0 fully saturated rings.